The van der Waals surface area contributed by atoms with Crippen LogP contribution >= 0.6 is 0 Å². The number of amides is 3. The molecule has 1 fully saturated rings. The predicted octanol–water partition coefficient (Wildman–Crippen LogP) is 0.0856. The van der Waals surface area contributed by atoms with Gasteiger partial charge in [0.05, 0.1) is 12.1 Å². The number of hydrogen-bond donors (Lipinski definition) is 3. The number of likely N-dealkylation sites (N-methyl/N-ethyl adjacent to an activating group) is 1. The van der Waals surface area contributed by atoms with Gasteiger partial charge in [0.2, 0.25) is 5.91 Å². The van der Waals surface area contributed by atoms with E-state index in [4.69, 9.17) is 4.74 Å². The highest BCUT2D eigenvalue weighted by atomic mass is 16.5. The van der Waals surface area contributed by atoms with Gasteiger partial charge in [0.15, 0.2) is 0 Å². The van der Waals surface area contributed by atoms with Crippen LogP contribution in [0, 0.1) is 0 Å². The lowest BCUT2D eigenvalue weighted by molar-refractivity contribution is -0.122. The van der Waals surface area contributed by atoms with Gasteiger partial charge in [-0.2, -0.15) is 0 Å². The number of nitrogens with one attached hydrogen (secondary N) is 2. The van der Waals surface area contributed by atoms with Crippen molar-refractivity contribution < 1.29 is 19.4 Å². The Morgan fingerprint density at radius 2 is 2.00 bits per heavy atom. The summed E-state index contributed by atoms with van der Waals surface area (Å²) in [5, 5.41) is 15.3. The number of nitrogens with zero attached hydrogens (tertiary/aromatic N) is 1. The Balaban J connectivity index is 2.25. The molecule has 3 N–H and O–H groups in total. The molecule has 1 saturated heterocycles. The lowest BCUT2D eigenvalue weighted by atomic mass is 9.94. The third-order valence-electron chi connectivity index (χ3n) is 3.47. The summed E-state index contributed by atoms with van der Waals surface area (Å²) in [6.07, 6.45) is 3.00. The van der Waals surface area contributed by atoms with Crippen LogP contribution in [0.15, 0.2) is 0 Å². The summed E-state index contributed by atoms with van der Waals surface area (Å²) in [7, 11) is 1.75. The molecule has 0 aromatic heterocycles. The first-order valence-corrected chi connectivity index (χ1v) is 7.51. The summed E-state index contributed by atoms with van der Waals surface area (Å²) in [5.74, 6) is -0.373. The largest absolute Gasteiger partial charge is 0.388 e. The molecule has 1 aliphatic heterocycles. The Bertz CT molecular complexity index is 343. The van der Waals surface area contributed by atoms with Crippen LogP contribution in [0.3, 0.4) is 0 Å². The maximum Gasteiger partial charge on any atom is 0.321 e. The summed E-state index contributed by atoms with van der Waals surface area (Å²) in [5.41, 5.74) is -0.809. The fraction of sp³-hybridized carbons (Fsp3) is 0.857. The van der Waals surface area contributed by atoms with Crippen molar-refractivity contribution in [2.24, 2.45) is 0 Å². The molecule has 1 aliphatic rings. The Morgan fingerprint density at radius 3 is 2.62 bits per heavy atom. The number of aliphatic hydroxyl groups is 1. The Labute approximate surface area is 126 Å². The van der Waals surface area contributed by atoms with E-state index in [1.54, 1.807) is 11.9 Å². The molecule has 0 spiro atoms. The van der Waals surface area contributed by atoms with Crippen molar-refractivity contribution >= 4 is 11.9 Å². The van der Waals surface area contributed by atoms with Gasteiger partial charge in [-0.05, 0) is 13.5 Å². The normalized spacial score (nSPS) is 17.5. The zero-order valence-corrected chi connectivity index (χ0v) is 13.0. The van der Waals surface area contributed by atoms with E-state index in [1.165, 1.54) is 0 Å². The number of imide groups is 1. The van der Waals surface area contributed by atoms with E-state index >= 15 is 0 Å². The number of rotatable bonds is 7. The van der Waals surface area contributed by atoms with E-state index in [1.807, 2.05) is 6.92 Å². The molecule has 0 aromatic rings. The summed E-state index contributed by atoms with van der Waals surface area (Å²) in [6, 6.07) is -0.466. The smallest absolute Gasteiger partial charge is 0.321 e. The number of ether oxygens (including phenoxy) is 1. The lowest BCUT2D eigenvalue weighted by Gasteiger charge is -2.35. The lowest BCUT2D eigenvalue weighted by Crippen LogP contribution is -2.49. The van der Waals surface area contributed by atoms with Gasteiger partial charge in [0, 0.05) is 39.1 Å². The molecule has 0 saturated carbocycles. The van der Waals surface area contributed by atoms with Gasteiger partial charge in [0.1, 0.15) is 0 Å². The van der Waals surface area contributed by atoms with Gasteiger partial charge >= 0.3 is 6.03 Å². The van der Waals surface area contributed by atoms with E-state index < -0.39 is 11.6 Å². The van der Waals surface area contributed by atoms with Crippen molar-refractivity contribution in [3.05, 3.63) is 0 Å². The van der Waals surface area contributed by atoms with E-state index in [9.17, 15) is 14.7 Å². The van der Waals surface area contributed by atoms with Gasteiger partial charge in [-0.25, -0.2) is 4.79 Å². The minimum Gasteiger partial charge on any atom is -0.388 e. The molecule has 7 heteroatoms. The second-order valence-corrected chi connectivity index (χ2v) is 5.67. The Morgan fingerprint density at radius 1 is 1.33 bits per heavy atom. The zero-order valence-electron chi connectivity index (χ0n) is 13.0. The van der Waals surface area contributed by atoms with Crippen LogP contribution in [0.4, 0.5) is 4.79 Å². The Hall–Kier alpha value is -1.18. The molecule has 0 unspecified atom stereocenters. The highest BCUT2D eigenvalue weighted by Gasteiger charge is 2.31. The summed E-state index contributed by atoms with van der Waals surface area (Å²) < 4.78 is 5.22. The number of unbranched alkanes of at least 4 members (excludes halogenated alkanes) is 1. The average molecular weight is 301 g/mol. The minimum absolute atomic E-state index is 0.0738. The van der Waals surface area contributed by atoms with Gasteiger partial charge in [-0.3, -0.25) is 15.0 Å². The molecule has 0 aliphatic carbocycles. The van der Waals surface area contributed by atoms with Crippen LogP contribution in [0.25, 0.3) is 0 Å². The molecule has 7 nitrogen and oxygen atoms in total. The number of urea groups is 1. The summed E-state index contributed by atoms with van der Waals surface area (Å²) >= 11 is 0. The number of carbonyl (C=O) groups is 2. The van der Waals surface area contributed by atoms with Crippen molar-refractivity contribution in [2.45, 2.75) is 38.2 Å². The van der Waals surface area contributed by atoms with E-state index in [2.05, 4.69) is 10.6 Å². The van der Waals surface area contributed by atoms with E-state index in [0.29, 0.717) is 39.1 Å². The van der Waals surface area contributed by atoms with Gasteiger partial charge < -0.3 is 15.2 Å². The first-order chi connectivity index (χ1) is 9.95. The van der Waals surface area contributed by atoms with E-state index in [-0.39, 0.29) is 12.5 Å². The second-order valence-electron chi connectivity index (χ2n) is 5.67. The maximum atomic E-state index is 11.7. The molecule has 0 bridgehead atoms. The topological polar surface area (TPSA) is 90.9 Å². The van der Waals surface area contributed by atoms with Crippen LogP contribution in [0.2, 0.25) is 0 Å². The van der Waals surface area contributed by atoms with Crippen molar-refractivity contribution in [2.75, 3.05) is 39.9 Å². The molecule has 1 heterocycles. The fourth-order valence-corrected chi connectivity index (χ4v) is 2.30. The average Bonchev–Trinajstić information content (AvgIpc) is 2.38. The standard InChI is InChI=1S/C14H27N3O4/c1-3-4-7-15-13(19)16-12(18)10-17(2)11-14(20)5-8-21-9-6-14/h20H,3-11H2,1-2H3,(H2,15,16,18,19). The van der Waals surface area contributed by atoms with Crippen LogP contribution in [-0.2, 0) is 9.53 Å². The molecule has 1 rings (SSSR count). The quantitative estimate of drug-likeness (QED) is 0.580. The zero-order chi connectivity index (χ0) is 15.7. The van der Waals surface area contributed by atoms with Gasteiger partial charge in [-0.1, -0.05) is 13.3 Å². The maximum absolute atomic E-state index is 11.7. The first-order valence-electron chi connectivity index (χ1n) is 7.51. The third-order valence-corrected chi connectivity index (χ3v) is 3.47. The number of carbonyl (C=O) groups excluding carboxylic acids is 2. The number of hydrogen-bond acceptors (Lipinski definition) is 5. The van der Waals surface area contributed by atoms with Gasteiger partial charge in [0.25, 0.3) is 0 Å². The highest BCUT2D eigenvalue weighted by molar-refractivity contribution is 5.95. The highest BCUT2D eigenvalue weighted by Crippen LogP contribution is 2.20. The first kappa shape index (κ1) is 17.9. The molecule has 21 heavy (non-hydrogen) atoms. The van der Waals surface area contributed by atoms with Crippen LogP contribution in [0.1, 0.15) is 32.6 Å². The predicted molar refractivity (Wildman–Crippen MR) is 78.9 cm³/mol. The Kier molecular flexibility index (Phi) is 7.63. The molecular weight excluding hydrogens is 274 g/mol. The van der Waals surface area contributed by atoms with E-state index in [0.717, 1.165) is 12.8 Å². The van der Waals surface area contributed by atoms with Crippen molar-refractivity contribution in [1.82, 2.24) is 15.5 Å². The molecule has 0 aromatic carbocycles. The minimum atomic E-state index is -0.809. The van der Waals surface area contributed by atoms with Crippen molar-refractivity contribution in [3.63, 3.8) is 0 Å². The van der Waals surface area contributed by atoms with Crippen LogP contribution < -0.4 is 10.6 Å². The van der Waals surface area contributed by atoms with Crippen molar-refractivity contribution in [3.8, 4) is 0 Å². The van der Waals surface area contributed by atoms with Crippen LogP contribution in [0.5, 0.6) is 0 Å². The van der Waals surface area contributed by atoms with Crippen LogP contribution in [-0.4, -0.2) is 67.4 Å². The molecule has 0 atom stereocenters. The summed E-state index contributed by atoms with van der Waals surface area (Å²) in [6.45, 7) is 4.13. The SMILES string of the molecule is CCCCNC(=O)NC(=O)CN(C)CC1(O)CCOCC1. The molecule has 122 valence electrons. The second kappa shape index (κ2) is 8.96. The monoisotopic (exact) mass is 301 g/mol. The van der Waals surface area contributed by atoms with Gasteiger partial charge in [-0.15, -0.1) is 0 Å². The summed E-state index contributed by atoms with van der Waals surface area (Å²) in [4.78, 5) is 24.9. The fourth-order valence-electron chi connectivity index (χ4n) is 2.30. The molecule has 3 amide bonds. The third kappa shape index (κ3) is 7.40. The molecule has 0 radical (unpaired) electrons. The molecular formula is C14H27N3O4. The van der Waals surface area contributed by atoms with Crippen molar-refractivity contribution in [1.29, 1.82) is 0 Å².